The van der Waals surface area contributed by atoms with Gasteiger partial charge in [0.15, 0.2) is 6.61 Å². The van der Waals surface area contributed by atoms with E-state index in [2.05, 4.69) is 10.3 Å². The van der Waals surface area contributed by atoms with Gasteiger partial charge in [-0.05, 0) is 36.8 Å². The highest BCUT2D eigenvalue weighted by atomic mass is 32.2. The highest BCUT2D eigenvalue weighted by Crippen LogP contribution is 2.21. The Morgan fingerprint density at radius 2 is 1.96 bits per heavy atom. The number of carbonyl (C=O) groups is 2. The van der Waals surface area contributed by atoms with Crippen LogP contribution < -0.4 is 15.8 Å². The summed E-state index contributed by atoms with van der Waals surface area (Å²) in [7, 11) is 3.83. The van der Waals surface area contributed by atoms with Crippen LogP contribution in [-0.4, -0.2) is 43.3 Å². The number of nitriles is 1. The summed E-state index contributed by atoms with van der Waals surface area (Å²) < 4.78 is 4.94. The lowest BCUT2D eigenvalue weighted by Gasteiger charge is -2.13. The van der Waals surface area contributed by atoms with Crippen LogP contribution >= 0.6 is 11.8 Å². The third kappa shape index (κ3) is 5.89. The van der Waals surface area contributed by atoms with Crippen LogP contribution in [0.1, 0.15) is 11.1 Å². The van der Waals surface area contributed by atoms with E-state index in [1.807, 2.05) is 37.2 Å². The molecule has 0 saturated carbocycles. The Labute approximate surface area is 166 Å². The molecule has 0 unspecified atom stereocenters. The molecule has 1 heterocycles. The van der Waals surface area contributed by atoms with Gasteiger partial charge in [-0.1, -0.05) is 11.8 Å². The SMILES string of the molecule is Cc1cc(=O)[nH]c(SCC(=O)OCC(=O)Nc2ccc(N(C)C)cc2)c1C#N. The molecule has 1 amide bonds. The molecule has 0 fully saturated rings. The fourth-order valence-electron chi connectivity index (χ4n) is 2.26. The van der Waals surface area contributed by atoms with E-state index in [1.54, 1.807) is 19.1 Å². The topological polar surface area (TPSA) is 115 Å². The minimum atomic E-state index is -0.630. The average Bonchev–Trinajstić information content (AvgIpc) is 2.64. The molecule has 2 rings (SSSR count). The normalized spacial score (nSPS) is 10.1. The van der Waals surface area contributed by atoms with Gasteiger partial charge in [-0.2, -0.15) is 5.26 Å². The first-order valence-electron chi connectivity index (χ1n) is 8.30. The van der Waals surface area contributed by atoms with E-state index in [9.17, 15) is 14.4 Å². The van der Waals surface area contributed by atoms with Crippen molar-refractivity contribution in [1.29, 1.82) is 5.26 Å². The minimum Gasteiger partial charge on any atom is -0.455 e. The number of carbonyl (C=O) groups excluding carboxylic acids is 2. The van der Waals surface area contributed by atoms with Gasteiger partial charge in [0.25, 0.3) is 5.91 Å². The lowest BCUT2D eigenvalue weighted by molar-refractivity contribution is -0.144. The molecule has 0 radical (unpaired) electrons. The van der Waals surface area contributed by atoms with Gasteiger partial charge in [0.1, 0.15) is 6.07 Å². The van der Waals surface area contributed by atoms with Crippen molar-refractivity contribution in [2.45, 2.75) is 11.9 Å². The average molecular weight is 400 g/mol. The number of thioether (sulfide) groups is 1. The monoisotopic (exact) mass is 400 g/mol. The Hall–Kier alpha value is -3.25. The maximum absolute atomic E-state index is 11.9. The number of aryl methyl sites for hydroxylation is 1. The zero-order valence-electron chi connectivity index (χ0n) is 15.7. The van der Waals surface area contributed by atoms with E-state index >= 15 is 0 Å². The molecular weight excluding hydrogens is 380 g/mol. The van der Waals surface area contributed by atoms with Gasteiger partial charge in [0.05, 0.1) is 16.3 Å². The zero-order valence-corrected chi connectivity index (χ0v) is 16.6. The zero-order chi connectivity index (χ0) is 20.7. The summed E-state index contributed by atoms with van der Waals surface area (Å²) in [6.45, 7) is 1.22. The first-order valence-corrected chi connectivity index (χ1v) is 9.28. The molecule has 0 atom stereocenters. The second-order valence-corrected chi connectivity index (χ2v) is 7.06. The maximum Gasteiger partial charge on any atom is 0.316 e. The van der Waals surface area contributed by atoms with E-state index in [0.717, 1.165) is 17.4 Å². The molecule has 2 N–H and O–H groups in total. The summed E-state index contributed by atoms with van der Waals surface area (Å²) in [5.41, 5.74) is 2.06. The molecule has 0 aliphatic carbocycles. The molecule has 146 valence electrons. The minimum absolute atomic E-state index is 0.140. The molecule has 2 aromatic rings. The van der Waals surface area contributed by atoms with Crippen LogP contribution in [0.15, 0.2) is 40.2 Å². The van der Waals surface area contributed by atoms with Crippen molar-refractivity contribution in [2.75, 3.05) is 36.7 Å². The second kappa shape index (κ2) is 9.62. The van der Waals surface area contributed by atoms with Crippen molar-refractivity contribution in [3.63, 3.8) is 0 Å². The predicted octanol–water partition coefficient (Wildman–Crippen LogP) is 1.89. The number of anilines is 2. The number of H-pyrrole nitrogens is 1. The molecular formula is C19H20N4O4S. The number of hydrogen-bond acceptors (Lipinski definition) is 7. The number of amides is 1. The van der Waals surface area contributed by atoms with Gasteiger partial charge in [0, 0.05) is 31.5 Å². The molecule has 0 bridgehead atoms. The molecule has 28 heavy (non-hydrogen) atoms. The summed E-state index contributed by atoms with van der Waals surface area (Å²) in [6.07, 6.45) is 0. The summed E-state index contributed by atoms with van der Waals surface area (Å²) in [5, 5.41) is 12.1. The first kappa shape index (κ1) is 21.1. The van der Waals surface area contributed by atoms with E-state index in [4.69, 9.17) is 10.00 Å². The van der Waals surface area contributed by atoms with Crippen LogP contribution in [-0.2, 0) is 14.3 Å². The summed E-state index contributed by atoms with van der Waals surface area (Å²) in [5.74, 6) is -1.23. The Kier molecular flexibility index (Phi) is 7.23. The van der Waals surface area contributed by atoms with Crippen LogP contribution in [0.3, 0.4) is 0 Å². The number of rotatable bonds is 7. The van der Waals surface area contributed by atoms with Crippen molar-refractivity contribution in [3.05, 3.63) is 51.8 Å². The van der Waals surface area contributed by atoms with Crippen LogP contribution in [0.2, 0.25) is 0 Å². The number of nitrogens with one attached hydrogen (secondary N) is 2. The van der Waals surface area contributed by atoms with Crippen LogP contribution in [0.4, 0.5) is 11.4 Å². The fraction of sp³-hybridized carbons (Fsp3) is 0.263. The molecule has 0 saturated heterocycles. The molecule has 1 aromatic heterocycles. The van der Waals surface area contributed by atoms with Crippen molar-refractivity contribution in [1.82, 2.24) is 4.98 Å². The molecule has 9 heteroatoms. The molecule has 0 aliphatic heterocycles. The van der Waals surface area contributed by atoms with Crippen LogP contribution in [0.5, 0.6) is 0 Å². The third-order valence-corrected chi connectivity index (χ3v) is 4.66. The van der Waals surface area contributed by atoms with E-state index < -0.39 is 18.5 Å². The highest BCUT2D eigenvalue weighted by Gasteiger charge is 2.13. The number of pyridine rings is 1. The van der Waals surface area contributed by atoms with Crippen LogP contribution in [0, 0.1) is 18.3 Å². The highest BCUT2D eigenvalue weighted by molar-refractivity contribution is 7.99. The van der Waals surface area contributed by atoms with Gasteiger partial charge in [-0.25, -0.2) is 0 Å². The van der Waals surface area contributed by atoms with Crippen LogP contribution in [0.25, 0.3) is 0 Å². The van der Waals surface area contributed by atoms with Gasteiger partial charge < -0.3 is 19.9 Å². The first-order chi connectivity index (χ1) is 13.3. The number of aromatic nitrogens is 1. The van der Waals surface area contributed by atoms with Gasteiger partial charge in [0.2, 0.25) is 5.56 Å². The predicted molar refractivity (Wildman–Crippen MR) is 108 cm³/mol. The third-order valence-electron chi connectivity index (χ3n) is 3.68. The summed E-state index contributed by atoms with van der Waals surface area (Å²) >= 11 is 0.979. The smallest absolute Gasteiger partial charge is 0.316 e. The van der Waals surface area contributed by atoms with Crippen molar-refractivity contribution in [2.24, 2.45) is 0 Å². The van der Waals surface area contributed by atoms with Crippen molar-refractivity contribution < 1.29 is 14.3 Å². The largest absolute Gasteiger partial charge is 0.455 e. The quantitative estimate of drug-likeness (QED) is 0.539. The molecule has 8 nitrogen and oxygen atoms in total. The van der Waals surface area contributed by atoms with E-state index in [-0.39, 0.29) is 11.3 Å². The Morgan fingerprint density at radius 1 is 1.29 bits per heavy atom. The Balaban J connectivity index is 1.83. The number of ether oxygens (including phenoxy) is 1. The molecule has 0 aliphatic rings. The summed E-state index contributed by atoms with van der Waals surface area (Å²) in [4.78, 5) is 39.7. The number of esters is 1. The van der Waals surface area contributed by atoms with E-state index in [1.165, 1.54) is 6.07 Å². The maximum atomic E-state index is 11.9. The number of hydrogen-bond donors (Lipinski definition) is 2. The lowest BCUT2D eigenvalue weighted by Crippen LogP contribution is -2.21. The van der Waals surface area contributed by atoms with Crippen molar-refractivity contribution >= 4 is 35.0 Å². The standard InChI is InChI=1S/C19H20N4O4S/c1-12-8-16(24)22-19(15(12)9-20)28-11-18(26)27-10-17(25)21-13-4-6-14(7-5-13)23(2)3/h4-8H,10-11H2,1-3H3,(H,21,25)(H,22,24). The number of aromatic amines is 1. The Bertz CT molecular complexity index is 961. The fourth-order valence-corrected chi connectivity index (χ4v) is 3.13. The van der Waals surface area contributed by atoms with Crippen molar-refractivity contribution in [3.8, 4) is 6.07 Å². The molecule has 1 aromatic carbocycles. The summed E-state index contributed by atoms with van der Waals surface area (Å²) in [6, 6.07) is 10.5. The van der Waals surface area contributed by atoms with E-state index in [0.29, 0.717) is 21.8 Å². The number of nitrogens with zero attached hydrogens (tertiary/aromatic N) is 2. The second-order valence-electron chi connectivity index (χ2n) is 6.07. The Morgan fingerprint density at radius 3 is 2.57 bits per heavy atom. The molecule has 0 spiro atoms. The van der Waals surface area contributed by atoms with Gasteiger partial charge in [-0.3, -0.25) is 14.4 Å². The van der Waals surface area contributed by atoms with Gasteiger partial charge in [-0.15, -0.1) is 0 Å². The lowest BCUT2D eigenvalue weighted by atomic mass is 10.2. The van der Waals surface area contributed by atoms with Gasteiger partial charge >= 0.3 is 5.97 Å². The number of benzene rings is 1.